The summed E-state index contributed by atoms with van der Waals surface area (Å²) in [6.45, 7) is 11.1. The van der Waals surface area contributed by atoms with Crippen LogP contribution in [0, 0.1) is 24.7 Å². The first kappa shape index (κ1) is 24.7. The van der Waals surface area contributed by atoms with Crippen molar-refractivity contribution in [3.8, 4) is 11.8 Å². The molecule has 1 aliphatic rings. The van der Waals surface area contributed by atoms with Crippen LogP contribution in [0.25, 0.3) is 11.0 Å². The van der Waals surface area contributed by atoms with Crippen LogP contribution >= 0.6 is 0 Å². The largest absolute Gasteiger partial charge is 0.444 e. The van der Waals surface area contributed by atoms with Gasteiger partial charge in [-0.05, 0) is 92.4 Å². The van der Waals surface area contributed by atoms with E-state index in [1.54, 1.807) is 0 Å². The Balaban J connectivity index is 0.00000107. The third-order valence-corrected chi connectivity index (χ3v) is 5.28. The molecule has 1 aromatic carbocycles. The van der Waals surface area contributed by atoms with E-state index in [4.69, 9.17) is 9.26 Å². The molecule has 0 unspecified atom stereocenters. The Morgan fingerprint density at radius 1 is 1.29 bits per heavy atom. The maximum atomic E-state index is 12.2. The van der Waals surface area contributed by atoms with Gasteiger partial charge in [0.1, 0.15) is 5.60 Å². The SMILES string of the molecule is CC#Cc1ccc2c(CCC3CCN(C(=O)OC(C)(C)C)CC3)noc2c1C.CNC. The van der Waals surface area contributed by atoms with E-state index in [9.17, 15) is 4.79 Å². The highest BCUT2D eigenvalue weighted by molar-refractivity contribution is 5.84. The first-order chi connectivity index (χ1) is 14.7. The zero-order valence-electron chi connectivity index (χ0n) is 20.1. The Morgan fingerprint density at radius 2 is 1.94 bits per heavy atom. The number of aryl methyl sites for hydroxylation is 2. The van der Waals surface area contributed by atoms with Gasteiger partial charge in [0, 0.05) is 29.6 Å². The molecule has 0 aliphatic carbocycles. The lowest BCUT2D eigenvalue weighted by molar-refractivity contribution is 0.0181. The van der Waals surface area contributed by atoms with Crippen molar-refractivity contribution in [2.24, 2.45) is 5.92 Å². The number of hydrogen-bond donors (Lipinski definition) is 1. The van der Waals surface area contributed by atoms with Crippen LogP contribution in [0.15, 0.2) is 16.7 Å². The molecule has 2 aromatic rings. The molecule has 31 heavy (non-hydrogen) atoms. The fourth-order valence-electron chi connectivity index (χ4n) is 3.71. The lowest BCUT2D eigenvalue weighted by Gasteiger charge is -2.33. The topological polar surface area (TPSA) is 67.6 Å². The zero-order chi connectivity index (χ0) is 23.0. The molecule has 1 aromatic heterocycles. The second kappa shape index (κ2) is 11.2. The van der Waals surface area contributed by atoms with Gasteiger partial charge in [0.2, 0.25) is 0 Å². The molecule has 0 radical (unpaired) electrons. The normalized spacial score (nSPS) is 14.5. The van der Waals surface area contributed by atoms with E-state index in [0.29, 0.717) is 5.92 Å². The van der Waals surface area contributed by atoms with Crippen LogP contribution in [0.5, 0.6) is 0 Å². The van der Waals surface area contributed by atoms with E-state index in [1.165, 1.54) is 0 Å². The molecule has 0 atom stereocenters. The lowest BCUT2D eigenvalue weighted by atomic mass is 9.91. The minimum absolute atomic E-state index is 0.199. The summed E-state index contributed by atoms with van der Waals surface area (Å²) in [7, 11) is 3.75. The number of amides is 1. The van der Waals surface area contributed by atoms with Gasteiger partial charge < -0.3 is 19.5 Å². The third kappa shape index (κ3) is 7.00. The molecule has 0 saturated carbocycles. The molecule has 1 amide bonds. The smallest absolute Gasteiger partial charge is 0.410 e. The summed E-state index contributed by atoms with van der Waals surface area (Å²) in [6.07, 6.45) is 3.76. The van der Waals surface area contributed by atoms with Gasteiger partial charge in [-0.2, -0.15) is 0 Å². The van der Waals surface area contributed by atoms with Crippen molar-refractivity contribution >= 4 is 17.1 Å². The first-order valence-corrected chi connectivity index (χ1v) is 11.1. The van der Waals surface area contributed by atoms with E-state index < -0.39 is 5.60 Å². The number of nitrogens with zero attached hydrogens (tertiary/aromatic N) is 2. The highest BCUT2D eigenvalue weighted by Crippen LogP contribution is 2.28. The van der Waals surface area contributed by atoms with Crippen LogP contribution in [-0.2, 0) is 11.2 Å². The van der Waals surface area contributed by atoms with Gasteiger partial charge in [-0.15, -0.1) is 5.92 Å². The summed E-state index contributed by atoms with van der Waals surface area (Å²) < 4.78 is 11.1. The molecule has 3 rings (SSSR count). The van der Waals surface area contributed by atoms with Gasteiger partial charge in [0.25, 0.3) is 0 Å². The predicted molar refractivity (Wildman–Crippen MR) is 125 cm³/mol. The molecule has 1 fully saturated rings. The number of fused-ring (bicyclic) bond motifs is 1. The molecule has 0 bridgehead atoms. The summed E-state index contributed by atoms with van der Waals surface area (Å²) in [5.74, 6) is 6.64. The van der Waals surface area contributed by atoms with Gasteiger partial charge in [-0.25, -0.2) is 4.79 Å². The number of ether oxygens (including phenoxy) is 1. The van der Waals surface area contributed by atoms with Crippen LogP contribution in [0.3, 0.4) is 0 Å². The average Bonchev–Trinajstić information content (AvgIpc) is 3.12. The quantitative estimate of drug-likeness (QED) is 0.704. The fraction of sp³-hybridized carbons (Fsp3) is 0.600. The maximum absolute atomic E-state index is 12.2. The average molecular weight is 428 g/mol. The Hall–Kier alpha value is -2.52. The van der Waals surface area contributed by atoms with Crippen molar-refractivity contribution in [2.45, 2.75) is 65.9 Å². The minimum atomic E-state index is -0.442. The van der Waals surface area contributed by atoms with E-state index >= 15 is 0 Å². The number of carbonyl (C=O) groups is 1. The molecule has 1 saturated heterocycles. The van der Waals surface area contributed by atoms with Crippen molar-refractivity contribution in [1.82, 2.24) is 15.4 Å². The van der Waals surface area contributed by atoms with E-state index in [0.717, 1.165) is 66.6 Å². The summed E-state index contributed by atoms with van der Waals surface area (Å²) >= 11 is 0. The van der Waals surface area contributed by atoms with Crippen LogP contribution in [0.4, 0.5) is 4.79 Å². The number of piperidine rings is 1. The molecule has 170 valence electrons. The highest BCUT2D eigenvalue weighted by Gasteiger charge is 2.27. The van der Waals surface area contributed by atoms with Crippen molar-refractivity contribution in [3.05, 3.63) is 29.0 Å². The summed E-state index contributed by atoms with van der Waals surface area (Å²) in [5, 5.41) is 8.16. The summed E-state index contributed by atoms with van der Waals surface area (Å²) in [5.41, 5.74) is 3.46. The monoisotopic (exact) mass is 427 g/mol. The predicted octanol–water partition coefficient (Wildman–Crippen LogP) is 4.92. The van der Waals surface area contributed by atoms with Gasteiger partial charge in [0.05, 0.1) is 5.69 Å². The second-order valence-corrected chi connectivity index (χ2v) is 9.07. The van der Waals surface area contributed by atoms with Gasteiger partial charge >= 0.3 is 6.09 Å². The summed E-state index contributed by atoms with van der Waals surface area (Å²) in [6, 6.07) is 4.12. The number of benzene rings is 1. The lowest BCUT2D eigenvalue weighted by Crippen LogP contribution is -2.41. The number of rotatable bonds is 3. The Kier molecular flexibility index (Phi) is 8.94. The number of hydrogen-bond acceptors (Lipinski definition) is 5. The van der Waals surface area contributed by atoms with Crippen molar-refractivity contribution in [3.63, 3.8) is 0 Å². The Morgan fingerprint density at radius 3 is 2.52 bits per heavy atom. The second-order valence-electron chi connectivity index (χ2n) is 9.07. The molecule has 1 N–H and O–H groups in total. The van der Waals surface area contributed by atoms with E-state index in [2.05, 4.69) is 28.4 Å². The van der Waals surface area contributed by atoms with E-state index in [-0.39, 0.29) is 6.09 Å². The van der Waals surface area contributed by atoms with Crippen molar-refractivity contribution < 1.29 is 14.1 Å². The van der Waals surface area contributed by atoms with Crippen LogP contribution in [0.2, 0.25) is 0 Å². The van der Waals surface area contributed by atoms with Gasteiger partial charge in [-0.1, -0.05) is 11.1 Å². The maximum Gasteiger partial charge on any atom is 0.410 e. The molecular weight excluding hydrogens is 390 g/mol. The molecule has 0 spiro atoms. The van der Waals surface area contributed by atoms with Gasteiger partial charge in [-0.3, -0.25) is 0 Å². The number of aromatic nitrogens is 1. The molecular formula is C25H37N3O3. The third-order valence-electron chi connectivity index (χ3n) is 5.28. The number of carbonyl (C=O) groups excluding carboxylic acids is 1. The number of likely N-dealkylation sites (tertiary alicyclic amines) is 1. The van der Waals surface area contributed by atoms with Crippen molar-refractivity contribution in [2.75, 3.05) is 27.2 Å². The van der Waals surface area contributed by atoms with Crippen molar-refractivity contribution in [1.29, 1.82) is 0 Å². The summed E-state index contributed by atoms with van der Waals surface area (Å²) in [4.78, 5) is 14.0. The van der Waals surface area contributed by atoms with E-state index in [1.807, 2.05) is 59.7 Å². The molecule has 1 aliphatic heterocycles. The fourth-order valence-corrected chi connectivity index (χ4v) is 3.71. The number of nitrogens with one attached hydrogen (secondary N) is 1. The van der Waals surface area contributed by atoms with Crippen LogP contribution < -0.4 is 5.32 Å². The first-order valence-electron chi connectivity index (χ1n) is 11.1. The molecule has 6 nitrogen and oxygen atoms in total. The van der Waals surface area contributed by atoms with Gasteiger partial charge in [0.15, 0.2) is 5.58 Å². The standard InChI is InChI=1S/C23H30N2O3.C2H7N/c1-6-7-18-9-10-19-20(24-28-21(19)16(18)2)11-8-17-12-14-25(15-13-17)22(26)27-23(3,4)5;1-3-2/h9-10,17H,8,11-15H2,1-5H3;3H,1-2H3. The highest BCUT2D eigenvalue weighted by atomic mass is 16.6. The zero-order valence-corrected chi connectivity index (χ0v) is 20.1. The van der Waals surface area contributed by atoms with Crippen LogP contribution in [-0.4, -0.2) is 48.9 Å². The van der Waals surface area contributed by atoms with Crippen LogP contribution in [0.1, 0.15) is 63.8 Å². The Bertz CT molecular complexity index is 923. The molecule has 2 heterocycles. The minimum Gasteiger partial charge on any atom is -0.444 e. The Labute approximate surface area is 186 Å². The molecule has 6 heteroatoms.